The van der Waals surface area contributed by atoms with Gasteiger partial charge in [0.2, 0.25) is 0 Å². The van der Waals surface area contributed by atoms with Crippen LogP contribution in [0, 0.1) is 5.41 Å². The summed E-state index contributed by atoms with van der Waals surface area (Å²) >= 11 is 1.57. The predicted octanol–water partition coefficient (Wildman–Crippen LogP) is 12.7. The minimum absolute atomic E-state index is 0.122. The molecule has 4 aromatic rings. The van der Waals surface area contributed by atoms with Gasteiger partial charge in [0.25, 0.3) is 5.91 Å². The standard InChI is InChI=1S/C31H32N4OS.C8H12.C7H14.C5H8/c36-31-30-19-28(12-11-26(30)20-35(31)21-27-22-37-23-32-27)34-17-15-33(16-18-34)14-13-29(24-7-3-1-4-8-24)25-9-5-2-6-10-25;1-4-6-7-8(3)5-2;1-5-6-7(2,3)4;1-3-5-4-2/h1-12,19,22-23,29H,13-18,20-21H2;4-7H,1H2,2-3H3;5-6H,1-4H3;3-5H,1H2,2H3/b;7-6-,8-5-;6-5+;5-4-. The summed E-state index contributed by atoms with van der Waals surface area (Å²) < 4.78 is 0. The number of benzene rings is 3. The summed E-state index contributed by atoms with van der Waals surface area (Å²) in [6, 6.07) is 28.2. The highest BCUT2D eigenvalue weighted by Gasteiger charge is 2.29. The molecule has 2 aliphatic heterocycles. The quantitative estimate of drug-likeness (QED) is 0.112. The molecule has 1 saturated heterocycles. The van der Waals surface area contributed by atoms with Gasteiger partial charge in [-0.05, 0) is 74.9 Å². The molecule has 2 aliphatic rings. The maximum absolute atomic E-state index is 13.1. The van der Waals surface area contributed by atoms with Gasteiger partial charge >= 0.3 is 0 Å². The molecule has 0 N–H and O–H groups in total. The Morgan fingerprint density at radius 3 is 1.96 bits per heavy atom. The fourth-order valence-corrected chi connectivity index (χ4v) is 7.12. The zero-order valence-corrected chi connectivity index (χ0v) is 36.4. The summed E-state index contributed by atoms with van der Waals surface area (Å²) in [7, 11) is 0. The Labute approximate surface area is 349 Å². The van der Waals surface area contributed by atoms with Crippen LogP contribution in [0.5, 0.6) is 0 Å². The van der Waals surface area contributed by atoms with Gasteiger partial charge in [-0.25, -0.2) is 4.98 Å². The monoisotopic (exact) mass is 782 g/mol. The van der Waals surface area contributed by atoms with Gasteiger partial charge in [-0.1, -0.05) is 161 Å². The molecule has 1 amide bonds. The molecule has 0 bridgehead atoms. The van der Waals surface area contributed by atoms with E-state index in [1.807, 2.05) is 60.9 Å². The fraction of sp³-hybridized carbons (Fsp3) is 0.333. The molecule has 6 heteroatoms. The van der Waals surface area contributed by atoms with Crippen LogP contribution in [-0.2, 0) is 13.1 Å². The number of carbonyl (C=O) groups excluding carboxylic acids is 1. The topological polar surface area (TPSA) is 39.7 Å². The van der Waals surface area contributed by atoms with Crippen LogP contribution in [0.15, 0.2) is 163 Å². The van der Waals surface area contributed by atoms with Crippen molar-refractivity contribution in [3.05, 3.63) is 191 Å². The number of hydrogen-bond donors (Lipinski definition) is 0. The van der Waals surface area contributed by atoms with Crippen LogP contribution >= 0.6 is 11.3 Å². The summed E-state index contributed by atoms with van der Waals surface area (Å²) in [5.41, 5.74) is 10.3. The number of thiazole rings is 1. The lowest BCUT2D eigenvalue weighted by atomic mass is 9.88. The maximum Gasteiger partial charge on any atom is 0.254 e. The third-order valence-electron chi connectivity index (χ3n) is 9.63. The minimum Gasteiger partial charge on any atom is -0.369 e. The van der Waals surface area contributed by atoms with Crippen molar-refractivity contribution in [2.45, 2.75) is 73.9 Å². The van der Waals surface area contributed by atoms with Crippen LogP contribution in [0.3, 0.4) is 0 Å². The van der Waals surface area contributed by atoms with Gasteiger partial charge in [-0.2, -0.15) is 0 Å². The van der Waals surface area contributed by atoms with Crippen molar-refractivity contribution < 1.29 is 4.79 Å². The normalized spacial score (nSPS) is 14.5. The zero-order chi connectivity index (χ0) is 41.5. The van der Waals surface area contributed by atoms with Crippen molar-refractivity contribution >= 4 is 22.9 Å². The number of carbonyl (C=O) groups is 1. The highest BCUT2D eigenvalue weighted by molar-refractivity contribution is 7.07. The Morgan fingerprint density at radius 1 is 0.860 bits per heavy atom. The summed E-state index contributed by atoms with van der Waals surface area (Å²) in [6.07, 6.45) is 18.7. The Morgan fingerprint density at radius 2 is 1.49 bits per heavy atom. The molecule has 1 aromatic heterocycles. The van der Waals surface area contributed by atoms with E-state index in [1.165, 1.54) is 16.7 Å². The van der Waals surface area contributed by atoms with Gasteiger partial charge in [0.05, 0.1) is 17.7 Å². The van der Waals surface area contributed by atoms with Crippen molar-refractivity contribution in [1.29, 1.82) is 0 Å². The van der Waals surface area contributed by atoms with Crippen molar-refractivity contribution in [1.82, 2.24) is 14.8 Å². The van der Waals surface area contributed by atoms with Gasteiger partial charge in [0.1, 0.15) is 0 Å². The Bertz CT molecular complexity index is 1840. The predicted molar refractivity (Wildman–Crippen MR) is 248 cm³/mol. The van der Waals surface area contributed by atoms with E-state index in [-0.39, 0.29) is 5.91 Å². The second kappa shape index (κ2) is 25.3. The van der Waals surface area contributed by atoms with Crippen LogP contribution in [-0.4, -0.2) is 53.4 Å². The van der Waals surface area contributed by atoms with Crippen LogP contribution in [0.1, 0.15) is 93.5 Å². The van der Waals surface area contributed by atoms with Crippen molar-refractivity contribution in [3.63, 3.8) is 0 Å². The van der Waals surface area contributed by atoms with Gasteiger partial charge in [0.15, 0.2) is 0 Å². The molecular weight excluding hydrogens is 717 g/mol. The average molecular weight is 783 g/mol. The van der Waals surface area contributed by atoms with E-state index in [2.05, 4.69) is 153 Å². The van der Waals surface area contributed by atoms with Crippen LogP contribution < -0.4 is 4.90 Å². The Hall–Kier alpha value is -5.04. The molecule has 0 unspecified atom stereocenters. The SMILES string of the molecule is C/C=C/C(C)(C)C.C=C/C=C\C.C=C/C=C\C(C)=C/C.O=C1c2cc(N3CCN(CCC(c4ccccc4)c4ccccc4)CC3)ccc2CN1Cc1cscn1. The molecule has 3 aromatic carbocycles. The van der Waals surface area contributed by atoms with Gasteiger partial charge in [-0.3, -0.25) is 9.69 Å². The molecule has 1 fully saturated rings. The molecule has 0 radical (unpaired) electrons. The minimum atomic E-state index is 0.122. The number of fused-ring (bicyclic) bond motifs is 1. The summed E-state index contributed by atoms with van der Waals surface area (Å²) in [6.45, 7) is 28.0. The molecule has 6 rings (SSSR count). The number of hydrogen-bond acceptors (Lipinski definition) is 5. The second-order valence-corrected chi connectivity index (χ2v) is 15.9. The third kappa shape index (κ3) is 16.5. The first-order chi connectivity index (χ1) is 27.5. The number of anilines is 1. The molecule has 302 valence electrons. The van der Waals surface area contributed by atoms with Gasteiger partial charge in [-0.15, -0.1) is 11.3 Å². The smallest absolute Gasteiger partial charge is 0.254 e. The number of piperazine rings is 1. The molecule has 5 nitrogen and oxygen atoms in total. The van der Waals surface area contributed by atoms with E-state index in [4.69, 9.17) is 0 Å². The van der Waals surface area contributed by atoms with E-state index in [1.54, 1.807) is 23.5 Å². The lowest BCUT2D eigenvalue weighted by molar-refractivity contribution is 0.0765. The summed E-state index contributed by atoms with van der Waals surface area (Å²) in [5.74, 6) is 0.534. The molecule has 0 aliphatic carbocycles. The summed E-state index contributed by atoms with van der Waals surface area (Å²) in [5, 5.41) is 2.02. The van der Waals surface area contributed by atoms with E-state index in [9.17, 15) is 4.79 Å². The number of allylic oxidation sites excluding steroid dienone is 10. The Balaban J connectivity index is 0.000000360. The number of nitrogens with zero attached hydrogens (tertiary/aromatic N) is 4. The molecule has 0 saturated carbocycles. The largest absolute Gasteiger partial charge is 0.369 e. The fourth-order valence-electron chi connectivity index (χ4n) is 6.57. The van der Waals surface area contributed by atoms with E-state index >= 15 is 0 Å². The molecule has 57 heavy (non-hydrogen) atoms. The van der Waals surface area contributed by atoms with Crippen LogP contribution in [0.25, 0.3) is 0 Å². The van der Waals surface area contributed by atoms with Crippen molar-refractivity contribution in [3.8, 4) is 0 Å². The lowest BCUT2D eigenvalue weighted by Crippen LogP contribution is -2.46. The Kier molecular flexibility index (Phi) is 20.5. The first kappa shape index (κ1) is 46.3. The highest BCUT2D eigenvalue weighted by atomic mass is 32.1. The number of amides is 1. The van der Waals surface area contributed by atoms with Crippen molar-refractivity contribution in [2.75, 3.05) is 37.6 Å². The van der Waals surface area contributed by atoms with Gasteiger partial charge in [0, 0.05) is 55.3 Å². The summed E-state index contributed by atoms with van der Waals surface area (Å²) in [4.78, 5) is 24.3. The maximum atomic E-state index is 13.1. The van der Waals surface area contributed by atoms with Crippen LogP contribution in [0.2, 0.25) is 0 Å². The van der Waals surface area contributed by atoms with Crippen molar-refractivity contribution in [2.24, 2.45) is 5.41 Å². The van der Waals surface area contributed by atoms with E-state index in [0.29, 0.717) is 24.4 Å². The van der Waals surface area contributed by atoms with Crippen LogP contribution in [0.4, 0.5) is 5.69 Å². The lowest BCUT2D eigenvalue weighted by Gasteiger charge is -2.37. The molecule has 3 heterocycles. The molecular formula is C51H66N4OS. The average Bonchev–Trinajstić information content (AvgIpc) is 3.85. The number of aromatic nitrogens is 1. The van der Waals surface area contributed by atoms with Gasteiger partial charge < -0.3 is 9.80 Å². The second-order valence-electron chi connectivity index (χ2n) is 15.2. The first-order valence-electron chi connectivity index (χ1n) is 20.2. The third-order valence-corrected chi connectivity index (χ3v) is 10.3. The number of rotatable bonds is 11. The van der Waals surface area contributed by atoms with E-state index < -0.39 is 0 Å². The molecule has 0 atom stereocenters. The highest BCUT2D eigenvalue weighted by Crippen LogP contribution is 2.31. The zero-order valence-electron chi connectivity index (χ0n) is 35.6. The first-order valence-corrected chi connectivity index (χ1v) is 21.1. The molecule has 0 spiro atoms. The van der Waals surface area contributed by atoms with E-state index in [0.717, 1.165) is 61.7 Å².